The highest BCUT2D eigenvalue weighted by Crippen LogP contribution is 2.12. The number of carbonyl (C=O) groups is 1. The Morgan fingerprint density at radius 2 is 1.74 bits per heavy atom. The molecule has 0 aliphatic carbocycles. The average molecular weight is 319 g/mol. The summed E-state index contributed by atoms with van der Waals surface area (Å²) in [4.78, 5) is 11.4. The van der Waals surface area contributed by atoms with Gasteiger partial charge in [-0.3, -0.25) is 0 Å². The van der Waals surface area contributed by atoms with Crippen LogP contribution in [0.15, 0.2) is 42.5 Å². The first kappa shape index (κ1) is 16.4. The van der Waals surface area contributed by atoms with Gasteiger partial charge in [0.2, 0.25) is 0 Å². The summed E-state index contributed by atoms with van der Waals surface area (Å²) in [5.41, 5.74) is 0.812. The molecule has 0 atom stereocenters. The van der Waals surface area contributed by atoms with E-state index in [4.69, 9.17) is 4.74 Å². The molecule has 0 aliphatic rings. The fourth-order valence-corrected chi connectivity index (χ4v) is 1.66. The molecule has 1 N–H and O–H groups in total. The van der Waals surface area contributed by atoms with E-state index in [1.807, 2.05) is 30.3 Å². The van der Waals surface area contributed by atoms with Crippen molar-refractivity contribution in [3.8, 4) is 11.8 Å². The van der Waals surface area contributed by atoms with E-state index < -0.39 is 23.5 Å². The van der Waals surface area contributed by atoms with Crippen LogP contribution in [-0.2, 0) is 11.3 Å². The van der Waals surface area contributed by atoms with Crippen LogP contribution in [0.1, 0.15) is 11.1 Å². The smallest absolute Gasteiger partial charge is 0.408 e. The van der Waals surface area contributed by atoms with Gasteiger partial charge < -0.3 is 10.1 Å². The van der Waals surface area contributed by atoms with Crippen molar-refractivity contribution in [3.63, 3.8) is 0 Å². The molecule has 2 aromatic rings. The molecule has 2 aromatic carbocycles. The van der Waals surface area contributed by atoms with Crippen molar-refractivity contribution in [2.45, 2.75) is 6.61 Å². The van der Waals surface area contributed by atoms with Crippen LogP contribution in [0.25, 0.3) is 0 Å². The highest BCUT2D eigenvalue weighted by Gasteiger charge is 2.09. The third-order valence-corrected chi connectivity index (χ3v) is 2.75. The van der Waals surface area contributed by atoms with Crippen molar-refractivity contribution in [2.75, 3.05) is 6.54 Å². The minimum Gasteiger partial charge on any atom is -0.445 e. The van der Waals surface area contributed by atoms with Crippen LogP contribution in [0.2, 0.25) is 0 Å². The van der Waals surface area contributed by atoms with E-state index in [9.17, 15) is 18.0 Å². The largest absolute Gasteiger partial charge is 0.445 e. The maximum atomic E-state index is 13.0. The van der Waals surface area contributed by atoms with Crippen molar-refractivity contribution in [3.05, 3.63) is 71.0 Å². The molecule has 2 rings (SSSR count). The molecule has 0 saturated heterocycles. The first-order valence-electron chi connectivity index (χ1n) is 6.64. The quantitative estimate of drug-likeness (QED) is 0.696. The molecule has 6 heteroatoms. The third-order valence-electron chi connectivity index (χ3n) is 2.75. The number of ether oxygens (including phenoxy) is 1. The van der Waals surface area contributed by atoms with Crippen LogP contribution in [0.5, 0.6) is 0 Å². The second-order valence-corrected chi connectivity index (χ2v) is 4.47. The van der Waals surface area contributed by atoms with Crippen molar-refractivity contribution in [2.24, 2.45) is 0 Å². The summed E-state index contributed by atoms with van der Waals surface area (Å²) in [5, 5.41) is 2.37. The van der Waals surface area contributed by atoms with E-state index in [1.54, 1.807) is 0 Å². The van der Waals surface area contributed by atoms with E-state index in [1.165, 1.54) is 0 Å². The van der Waals surface area contributed by atoms with Gasteiger partial charge in [0, 0.05) is 5.56 Å². The maximum Gasteiger partial charge on any atom is 0.408 e. The molecule has 0 spiro atoms. The molecule has 118 valence electrons. The van der Waals surface area contributed by atoms with Crippen LogP contribution in [0, 0.1) is 29.3 Å². The van der Waals surface area contributed by atoms with Crippen LogP contribution >= 0.6 is 0 Å². The number of carbonyl (C=O) groups excluding carboxylic acids is 1. The maximum absolute atomic E-state index is 13.0. The highest BCUT2D eigenvalue weighted by molar-refractivity contribution is 5.67. The van der Waals surface area contributed by atoms with Crippen LogP contribution in [0.3, 0.4) is 0 Å². The molecule has 0 aliphatic heterocycles. The van der Waals surface area contributed by atoms with Gasteiger partial charge in [-0.15, -0.1) is 0 Å². The van der Waals surface area contributed by atoms with E-state index in [2.05, 4.69) is 17.2 Å². The first-order chi connectivity index (χ1) is 11.1. The van der Waals surface area contributed by atoms with Crippen molar-refractivity contribution in [1.29, 1.82) is 0 Å². The van der Waals surface area contributed by atoms with Crippen LogP contribution < -0.4 is 5.32 Å². The van der Waals surface area contributed by atoms with E-state index in [0.717, 1.165) is 17.7 Å². The summed E-state index contributed by atoms with van der Waals surface area (Å²) in [5.74, 6) is 0.729. The summed E-state index contributed by atoms with van der Waals surface area (Å²) in [6.07, 6.45) is -0.667. The third kappa shape index (κ3) is 5.08. The number of rotatable bonds is 3. The first-order valence-corrected chi connectivity index (χ1v) is 6.64. The number of halogens is 3. The minimum atomic E-state index is -1.54. The predicted octanol–water partition coefficient (Wildman–Crippen LogP) is 3.38. The van der Waals surface area contributed by atoms with Gasteiger partial charge in [-0.05, 0) is 17.7 Å². The fourth-order valence-electron chi connectivity index (χ4n) is 1.66. The standard InChI is InChI=1S/C17H12F3NO2/c18-14-9-13(10-15(19)16(14)20)7-4-8-21-17(22)23-11-12-5-2-1-3-6-12/h1-3,5-6,9-10H,8,11H2,(H,21,22). The summed E-state index contributed by atoms with van der Waals surface area (Å²) >= 11 is 0. The molecular formula is C17H12F3NO2. The van der Waals surface area contributed by atoms with E-state index in [0.29, 0.717) is 0 Å². The molecule has 0 heterocycles. The Morgan fingerprint density at radius 3 is 2.39 bits per heavy atom. The lowest BCUT2D eigenvalue weighted by molar-refractivity contribution is 0.141. The van der Waals surface area contributed by atoms with Gasteiger partial charge in [-0.25, -0.2) is 18.0 Å². The number of hydrogen-bond acceptors (Lipinski definition) is 2. The monoisotopic (exact) mass is 319 g/mol. The van der Waals surface area contributed by atoms with E-state index in [-0.39, 0.29) is 18.7 Å². The molecule has 0 fully saturated rings. The van der Waals surface area contributed by atoms with Crippen molar-refractivity contribution in [1.82, 2.24) is 5.32 Å². The zero-order valence-corrected chi connectivity index (χ0v) is 11.9. The normalized spacial score (nSPS) is 9.70. The Balaban J connectivity index is 1.80. The van der Waals surface area contributed by atoms with Gasteiger partial charge in [-0.2, -0.15) is 0 Å². The molecule has 0 radical (unpaired) electrons. The number of benzene rings is 2. The van der Waals surface area contributed by atoms with Gasteiger partial charge in [0.1, 0.15) is 6.61 Å². The van der Waals surface area contributed by atoms with Gasteiger partial charge >= 0.3 is 6.09 Å². The second-order valence-electron chi connectivity index (χ2n) is 4.47. The zero-order valence-electron chi connectivity index (χ0n) is 11.9. The molecule has 0 bridgehead atoms. The Morgan fingerprint density at radius 1 is 1.09 bits per heavy atom. The molecule has 1 amide bonds. The molecule has 0 aromatic heterocycles. The zero-order chi connectivity index (χ0) is 16.7. The summed E-state index contributed by atoms with van der Waals surface area (Å²) in [6.45, 7) is 0.0444. The highest BCUT2D eigenvalue weighted by atomic mass is 19.2. The molecule has 0 saturated carbocycles. The Labute approximate surface area is 131 Å². The Hall–Kier alpha value is -2.94. The molecular weight excluding hydrogens is 307 g/mol. The topological polar surface area (TPSA) is 38.3 Å². The number of hydrogen-bond donors (Lipinski definition) is 1. The summed E-state index contributed by atoms with van der Waals surface area (Å²) in [7, 11) is 0. The minimum absolute atomic E-state index is 0.0270. The van der Waals surface area contributed by atoms with Gasteiger partial charge in [0.25, 0.3) is 0 Å². The number of alkyl carbamates (subject to hydrolysis) is 1. The van der Waals surface area contributed by atoms with Gasteiger partial charge in [-0.1, -0.05) is 42.2 Å². The Kier molecular flexibility index (Phi) is 5.64. The summed E-state index contributed by atoms with van der Waals surface area (Å²) < 4.78 is 43.6. The predicted molar refractivity (Wildman–Crippen MR) is 77.8 cm³/mol. The van der Waals surface area contributed by atoms with Crippen molar-refractivity contribution < 1.29 is 22.7 Å². The second kappa shape index (κ2) is 7.90. The lowest BCUT2D eigenvalue weighted by Crippen LogP contribution is -2.24. The average Bonchev–Trinajstić information content (AvgIpc) is 2.55. The van der Waals surface area contributed by atoms with Gasteiger partial charge in [0.05, 0.1) is 6.54 Å². The fraction of sp³-hybridized carbons (Fsp3) is 0.118. The van der Waals surface area contributed by atoms with Crippen LogP contribution in [0.4, 0.5) is 18.0 Å². The van der Waals surface area contributed by atoms with Gasteiger partial charge in [0.15, 0.2) is 17.5 Å². The Bertz CT molecular complexity index is 728. The number of amides is 1. The van der Waals surface area contributed by atoms with Crippen LogP contribution in [-0.4, -0.2) is 12.6 Å². The summed E-state index contributed by atoms with van der Waals surface area (Å²) in [6, 6.07) is 10.7. The van der Waals surface area contributed by atoms with E-state index >= 15 is 0 Å². The number of nitrogens with one attached hydrogen (secondary N) is 1. The molecule has 23 heavy (non-hydrogen) atoms. The lowest BCUT2D eigenvalue weighted by Gasteiger charge is -2.04. The molecule has 3 nitrogen and oxygen atoms in total. The lowest BCUT2D eigenvalue weighted by atomic mass is 10.2. The molecule has 0 unspecified atom stereocenters. The van der Waals surface area contributed by atoms with Crippen molar-refractivity contribution >= 4 is 6.09 Å². The SMILES string of the molecule is O=C(NCC#Cc1cc(F)c(F)c(F)c1)OCc1ccccc1.